The van der Waals surface area contributed by atoms with Crippen LogP contribution in [0.1, 0.15) is 18.9 Å². The van der Waals surface area contributed by atoms with Crippen LogP contribution >= 0.6 is 0 Å². The number of piperazine rings is 1. The fraction of sp³-hybridized carbons (Fsp3) is 0.444. The molecule has 6 heteroatoms. The fourth-order valence-corrected chi connectivity index (χ4v) is 2.72. The maximum absolute atomic E-state index is 12.2. The van der Waals surface area contributed by atoms with Crippen LogP contribution in [0.5, 0.6) is 5.75 Å². The Morgan fingerprint density at radius 2 is 2.21 bits per heavy atom. The van der Waals surface area contributed by atoms with Crippen LogP contribution in [0.4, 0.5) is 0 Å². The fourth-order valence-electron chi connectivity index (χ4n) is 2.72. The monoisotopic (exact) mass is 331 g/mol. The zero-order valence-electron chi connectivity index (χ0n) is 14.3. The van der Waals surface area contributed by atoms with Gasteiger partial charge in [-0.25, -0.2) is 0 Å². The molecule has 2 N–H and O–H groups in total. The summed E-state index contributed by atoms with van der Waals surface area (Å²) in [5.74, 6) is 0.528. The van der Waals surface area contributed by atoms with Crippen LogP contribution < -0.4 is 15.4 Å². The molecule has 1 heterocycles. The molecule has 1 atom stereocenters. The predicted octanol–water partition coefficient (Wildman–Crippen LogP) is 1.08. The van der Waals surface area contributed by atoms with Gasteiger partial charge in [0.2, 0.25) is 11.8 Å². The third-order valence-electron chi connectivity index (χ3n) is 3.97. The van der Waals surface area contributed by atoms with Crippen LogP contribution in [-0.4, -0.2) is 49.5 Å². The van der Waals surface area contributed by atoms with Crippen molar-refractivity contribution in [1.82, 2.24) is 15.5 Å². The highest BCUT2D eigenvalue weighted by Crippen LogP contribution is 2.21. The Morgan fingerprint density at radius 3 is 2.92 bits per heavy atom. The lowest BCUT2D eigenvalue weighted by atomic mass is 10.1. The summed E-state index contributed by atoms with van der Waals surface area (Å²) in [6.45, 7) is 7.88. The molecule has 130 valence electrons. The summed E-state index contributed by atoms with van der Waals surface area (Å²) in [4.78, 5) is 26.4. The van der Waals surface area contributed by atoms with Crippen molar-refractivity contribution < 1.29 is 14.3 Å². The number of carbonyl (C=O) groups is 2. The molecule has 1 unspecified atom stereocenters. The topological polar surface area (TPSA) is 70.7 Å². The minimum absolute atomic E-state index is 0.110. The Hall–Kier alpha value is -2.34. The summed E-state index contributed by atoms with van der Waals surface area (Å²) >= 11 is 0. The number of nitrogens with zero attached hydrogens (tertiary/aromatic N) is 1. The molecule has 24 heavy (non-hydrogen) atoms. The van der Waals surface area contributed by atoms with Crippen LogP contribution in [-0.2, 0) is 16.1 Å². The summed E-state index contributed by atoms with van der Waals surface area (Å²) < 4.78 is 5.38. The number of hydrogen-bond acceptors (Lipinski definition) is 4. The normalized spacial score (nSPS) is 17.9. The molecule has 6 nitrogen and oxygen atoms in total. The van der Waals surface area contributed by atoms with Gasteiger partial charge in [-0.3, -0.25) is 14.5 Å². The van der Waals surface area contributed by atoms with Crippen LogP contribution in [0.2, 0.25) is 0 Å². The molecule has 1 saturated heterocycles. The summed E-state index contributed by atoms with van der Waals surface area (Å²) in [6.07, 6.45) is 0.133. The molecule has 0 radical (unpaired) electrons. The molecular weight excluding hydrogens is 306 g/mol. The molecule has 2 amide bonds. The predicted molar refractivity (Wildman–Crippen MR) is 92.6 cm³/mol. The van der Waals surface area contributed by atoms with E-state index in [9.17, 15) is 9.59 Å². The minimum atomic E-state index is -0.478. The third kappa shape index (κ3) is 4.83. The van der Waals surface area contributed by atoms with Crippen LogP contribution in [0.3, 0.4) is 0 Å². The molecule has 0 saturated carbocycles. The highest BCUT2D eigenvalue weighted by Gasteiger charge is 2.31. The molecule has 1 aliphatic rings. The second-order valence-electron chi connectivity index (χ2n) is 6.03. The number of nitrogens with one attached hydrogen (secondary N) is 2. The largest absolute Gasteiger partial charge is 0.496 e. The van der Waals surface area contributed by atoms with Crippen molar-refractivity contribution in [3.05, 3.63) is 42.0 Å². The van der Waals surface area contributed by atoms with Gasteiger partial charge in [-0.05, 0) is 13.0 Å². The van der Waals surface area contributed by atoms with E-state index < -0.39 is 6.04 Å². The van der Waals surface area contributed by atoms with Gasteiger partial charge in [0.05, 0.1) is 19.6 Å². The first-order valence-corrected chi connectivity index (χ1v) is 8.06. The summed E-state index contributed by atoms with van der Waals surface area (Å²) in [6, 6.07) is 7.25. The molecule has 0 bridgehead atoms. The van der Waals surface area contributed by atoms with E-state index >= 15 is 0 Å². The number of ether oxygens (including phenoxy) is 1. The molecule has 0 spiro atoms. The molecule has 0 aliphatic carbocycles. The quantitative estimate of drug-likeness (QED) is 0.734. The van der Waals surface area contributed by atoms with Gasteiger partial charge >= 0.3 is 0 Å². The van der Waals surface area contributed by atoms with Crippen LogP contribution in [0, 0.1) is 0 Å². The van der Waals surface area contributed by atoms with Gasteiger partial charge in [-0.15, -0.1) is 0 Å². The Labute approximate surface area is 142 Å². The average molecular weight is 331 g/mol. The summed E-state index contributed by atoms with van der Waals surface area (Å²) in [7, 11) is 1.63. The van der Waals surface area contributed by atoms with Crippen molar-refractivity contribution in [3.63, 3.8) is 0 Å². The maximum Gasteiger partial charge on any atom is 0.237 e. The SMILES string of the molecule is C=C(C)CNC(=O)CC1C(=O)NCCN1Cc1ccccc1OC. The van der Waals surface area contributed by atoms with Gasteiger partial charge in [0, 0.05) is 31.7 Å². The highest BCUT2D eigenvalue weighted by atomic mass is 16.5. The summed E-state index contributed by atoms with van der Waals surface area (Å²) in [5.41, 5.74) is 1.88. The van der Waals surface area contributed by atoms with Crippen molar-refractivity contribution in [3.8, 4) is 5.75 Å². The first-order valence-electron chi connectivity index (χ1n) is 8.06. The maximum atomic E-state index is 12.2. The van der Waals surface area contributed by atoms with E-state index in [2.05, 4.69) is 17.2 Å². The van der Waals surface area contributed by atoms with Gasteiger partial charge in [0.1, 0.15) is 5.75 Å². The smallest absolute Gasteiger partial charge is 0.237 e. The van der Waals surface area contributed by atoms with E-state index in [-0.39, 0.29) is 18.2 Å². The second kappa shape index (κ2) is 8.49. The van der Waals surface area contributed by atoms with Crippen molar-refractivity contribution >= 4 is 11.8 Å². The molecule has 1 aliphatic heterocycles. The Bertz CT molecular complexity index is 615. The Morgan fingerprint density at radius 1 is 1.46 bits per heavy atom. The standard InChI is InChI=1S/C18H25N3O3/c1-13(2)11-20-17(22)10-15-18(23)19-8-9-21(15)12-14-6-4-5-7-16(14)24-3/h4-7,15H,1,8-12H2,2-3H3,(H,19,23)(H,20,22). The number of carbonyl (C=O) groups excluding carboxylic acids is 2. The molecule has 0 aromatic heterocycles. The van der Waals surface area contributed by atoms with Gasteiger partial charge < -0.3 is 15.4 Å². The Balaban J connectivity index is 2.06. The number of benzene rings is 1. The Kier molecular flexibility index (Phi) is 6.37. The number of rotatable bonds is 7. The first kappa shape index (κ1) is 18.0. The number of methoxy groups -OCH3 is 1. The number of hydrogen-bond donors (Lipinski definition) is 2. The third-order valence-corrected chi connectivity index (χ3v) is 3.97. The lowest BCUT2D eigenvalue weighted by Gasteiger charge is -2.35. The van der Waals surface area contributed by atoms with E-state index in [1.165, 1.54) is 0 Å². The van der Waals surface area contributed by atoms with Crippen molar-refractivity contribution in [2.75, 3.05) is 26.7 Å². The highest BCUT2D eigenvalue weighted by molar-refractivity contribution is 5.88. The van der Waals surface area contributed by atoms with E-state index in [0.717, 1.165) is 16.9 Å². The zero-order chi connectivity index (χ0) is 17.5. The zero-order valence-corrected chi connectivity index (χ0v) is 14.3. The van der Waals surface area contributed by atoms with Crippen LogP contribution in [0.25, 0.3) is 0 Å². The molecule has 1 aromatic carbocycles. The number of amides is 2. The molecule has 1 aromatic rings. The average Bonchev–Trinajstić information content (AvgIpc) is 2.56. The van der Waals surface area contributed by atoms with Gasteiger partial charge in [-0.2, -0.15) is 0 Å². The van der Waals surface area contributed by atoms with Crippen molar-refractivity contribution in [2.45, 2.75) is 25.9 Å². The number of para-hydroxylation sites is 1. The minimum Gasteiger partial charge on any atom is -0.496 e. The van der Waals surface area contributed by atoms with Gasteiger partial charge in [0.15, 0.2) is 0 Å². The van der Waals surface area contributed by atoms with E-state index in [0.29, 0.717) is 26.2 Å². The van der Waals surface area contributed by atoms with Gasteiger partial charge in [-0.1, -0.05) is 30.4 Å². The summed E-state index contributed by atoms with van der Waals surface area (Å²) in [5, 5.41) is 5.62. The molecule has 2 rings (SSSR count). The van der Waals surface area contributed by atoms with Crippen molar-refractivity contribution in [2.24, 2.45) is 0 Å². The van der Waals surface area contributed by atoms with Crippen molar-refractivity contribution in [1.29, 1.82) is 0 Å². The molecule has 1 fully saturated rings. The lowest BCUT2D eigenvalue weighted by molar-refractivity contribution is -0.134. The van der Waals surface area contributed by atoms with E-state index in [4.69, 9.17) is 4.74 Å². The van der Waals surface area contributed by atoms with E-state index in [1.54, 1.807) is 7.11 Å². The molecular formula is C18H25N3O3. The van der Waals surface area contributed by atoms with E-state index in [1.807, 2.05) is 36.1 Å². The lowest BCUT2D eigenvalue weighted by Crippen LogP contribution is -2.56. The first-order chi connectivity index (χ1) is 11.5. The van der Waals surface area contributed by atoms with Gasteiger partial charge in [0.25, 0.3) is 0 Å². The van der Waals surface area contributed by atoms with Crippen LogP contribution in [0.15, 0.2) is 36.4 Å². The second-order valence-corrected chi connectivity index (χ2v) is 6.03.